The minimum atomic E-state index is -0.141. The van der Waals surface area contributed by atoms with Crippen molar-refractivity contribution in [2.45, 2.75) is 32.4 Å². The zero-order chi connectivity index (χ0) is 25.1. The molecule has 0 aliphatic carbocycles. The van der Waals surface area contributed by atoms with Crippen molar-refractivity contribution in [2.24, 2.45) is 0 Å². The number of amides is 1. The van der Waals surface area contributed by atoms with Gasteiger partial charge in [0.15, 0.2) is 5.11 Å². The van der Waals surface area contributed by atoms with Crippen LogP contribution in [-0.2, 0) is 4.79 Å². The highest BCUT2D eigenvalue weighted by Crippen LogP contribution is 2.39. The van der Waals surface area contributed by atoms with E-state index in [-0.39, 0.29) is 18.0 Å². The van der Waals surface area contributed by atoms with E-state index < -0.39 is 0 Å². The van der Waals surface area contributed by atoms with Crippen LogP contribution in [0.1, 0.15) is 41.0 Å². The molecule has 2 aromatic carbocycles. The first-order valence-electron chi connectivity index (χ1n) is 12.1. The molecule has 4 aromatic rings. The number of thiocarbonyl (C=S) groups is 1. The highest BCUT2D eigenvalue weighted by molar-refractivity contribution is 7.80. The molecule has 0 spiro atoms. The number of benzene rings is 2. The van der Waals surface area contributed by atoms with Crippen molar-refractivity contribution < 1.29 is 4.79 Å². The fourth-order valence-electron chi connectivity index (χ4n) is 4.63. The van der Waals surface area contributed by atoms with Crippen LogP contribution in [0.2, 0.25) is 0 Å². The second-order valence-corrected chi connectivity index (χ2v) is 9.51. The average Bonchev–Trinajstić information content (AvgIpc) is 3.49. The number of hydrogen-bond donors (Lipinski definition) is 2. The van der Waals surface area contributed by atoms with Gasteiger partial charge in [-0.3, -0.25) is 9.78 Å². The Labute approximate surface area is 217 Å². The number of aromatic nitrogens is 2. The monoisotopic (exact) mass is 495 g/mol. The number of pyridine rings is 1. The van der Waals surface area contributed by atoms with Gasteiger partial charge in [0.25, 0.3) is 0 Å². The average molecular weight is 496 g/mol. The topological polar surface area (TPSA) is 62.2 Å². The Morgan fingerprint density at radius 2 is 1.69 bits per heavy atom. The Balaban J connectivity index is 1.43. The molecule has 182 valence electrons. The summed E-state index contributed by atoms with van der Waals surface area (Å²) in [5.74, 6) is -0.0457. The van der Waals surface area contributed by atoms with Gasteiger partial charge in [0.2, 0.25) is 5.91 Å². The predicted molar refractivity (Wildman–Crippen MR) is 147 cm³/mol. The first-order valence-corrected chi connectivity index (χ1v) is 12.5. The van der Waals surface area contributed by atoms with Crippen LogP contribution in [0.3, 0.4) is 0 Å². The Hall–Kier alpha value is -3.97. The number of nitrogens with zero attached hydrogens (tertiary/aromatic N) is 3. The van der Waals surface area contributed by atoms with Gasteiger partial charge in [-0.1, -0.05) is 41.5 Å². The second kappa shape index (κ2) is 10.3. The second-order valence-electron chi connectivity index (χ2n) is 9.12. The summed E-state index contributed by atoms with van der Waals surface area (Å²) in [5.41, 5.74) is 6.23. The molecule has 0 saturated carbocycles. The summed E-state index contributed by atoms with van der Waals surface area (Å²) in [7, 11) is 0. The minimum absolute atomic E-state index is 0.0457. The SMILES string of the molecule is Cc1ccc(NC(=O)CCN2C(=S)N[C@H](c3ccccn3)[C@@H]2c2cccn2-c2ccc(C)cc2)cc1. The van der Waals surface area contributed by atoms with E-state index in [9.17, 15) is 4.79 Å². The van der Waals surface area contributed by atoms with Gasteiger partial charge in [0.05, 0.1) is 17.8 Å². The van der Waals surface area contributed by atoms with Crippen molar-refractivity contribution >= 4 is 28.9 Å². The van der Waals surface area contributed by atoms with E-state index in [0.29, 0.717) is 18.1 Å². The molecule has 3 heterocycles. The Morgan fingerprint density at radius 3 is 2.39 bits per heavy atom. The number of anilines is 1. The lowest BCUT2D eigenvalue weighted by Gasteiger charge is -2.29. The van der Waals surface area contributed by atoms with Gasteiger partial charge < -0.3 is 20.1 Å². The van der Waals surface area contributed by atoms with E-state index in [2.05, 4.69) is 68.5 Å². The maximum absolute atomic E-state index is 12.8. The smallest absolute Gasteiger partial charge is 0.226 e. The van der Waals surface area contributed by atoms with Crippen molar-refractivity contribution in [3.05, 3.63) is 114 Å². The molecule has 6 nitrogen and oxygen atoms in total. The van der Waals surface area contributed by atoms with Crippen LogP contribution in [0.25, 0.3) is 5.69 Å². The fourth-order valence-corrected chi connectivity index (χ4v) is 4.96. The van der Waals surface area contributed by atoms with Gasteiger partial charge in [0, 0.05) is 42.4 Å². The number of carbonyl (C=O) groups is 1. The highest BCUT2D eigenvalue weighted by atomic mass is 32.1. The molecule has 2 N–H and O–H groups in total. The van der Waals surface area contributed by atoms with Gasteiger partial charge in [-0.05, 0) is 74.6 Å². The summed E-state index contributed by atoms with van der Waals surface area (Å²) in [6.07, 6.45) is 4.18. The Morgan fingerprint density at radius 1 is 0.972 bits per heavy atom. The van der Waals surface area contributed by atoms with Crippen LogP contribution in [0.5, 0.6) is 0 Å². The molecule has 36 heavy (non-hydrogen) atoms. The highest BCUT2D eigenvalue weighted by Gasteiger charge is 2.41. The van der Waals surface area contributed by atoms with E-state index >= 15 is 0 Å². The zero-order valence-electron chi connectivity index (χ0n) is 20.4. The van der Waals surface area contributed by atoms with Gasteiger partial charge in [-0.25, -0.2) is 0 Å². The summed E-state index contributed by atoms with van der Waals surface area (Å²) >= 11 is 5.79. The van der Waals surface area contributed by atoms with Crippen LogP contribution in [-0.4, -0.2) is 32.0 Å². The molecule has 2 aromatic heterocycles. The van der Waals surface area contributed by atoms with Crippen molar-refractivity contribution in [1.29, 1.82) is 0 Å². The predicted octanol–water partition coefficient (Wildman–Crippen LogP) is 5.49. The lowest BCUT2D eigenvalue weighted by atomic mass is 10.0. The third kappa shape index (κ3) is 5.02. The number of hydrogen-bond acceptors (Lipinski definition) is 3. The molecule has 0 bridgehead atoms. The van der Waals surface area contributed by atoms with Crippen molar-refractivity contribution in [3.63, 3.8) is 0 Å². The van der Waals surface area contributed by atoms with Gasteiger partial charge >= 0.3 is 0 Å². The van der Waals surface area contributed by atoms with E-state index in [0.717, 1.165) is 28.3 Å². The summed E-state index contributed by atoms with van der Waals surface area (Å²) in [6, 6.07) is 26.1. The minimum Gasteiger partial charge on any atom is -0.352 e. The van der Waals surface area contributed by atoms with E-state index in [4.69, 9.17) is 12.2 Å². The molecule has 1 aliphatic rings. The molecular formula is C29H29N5OS. The molecule has 5 rings (SSSR count). The summed E-state index contributed by atoms with van der Waals surface area (Å²) in [4.78, 5) is 19.5. The molecule has 7 heteroatoms. The van der Waals surface area contributed by atoms with Crippen LogP contribution in [0.15, 0.2) is 91.3 Å². The van der Waals surface area contributed by atoms with Gasteiger partial charge in [-0.2, -0.15) is 0 Å². The normalized spacial score (nSPS) is 17.2. The van der Waals surface area contributed by atoms with Crippen molar-refractivity contribution in [2.75, 3.05) is 11.9 Å². The number of aryl methyl sites for hydroxylation is 2. The third-order valence-electron chi connectivity index (χ3n) is 6.51. The Kier molecular flexibility index (Phi) is 6.82. The first kappa shape index (κ1) is 23.8. The van der Waals surface area contributed by atoms with Crippen LogP contribution < -0.4 is 10.6 Å². The molecular weight excluding hydrogens is 466 g/mol. The summed E-state index contributed by atoms with van der Waals surface area (Å²) in [6.45, 7) is 4.59. The lowest BCUT2D eigenvalue weighted by Crippen LogP contribution is -2.33. The van der Waals surface area contributed by atoms with Gasteiger partial charge in [0.1, 0.15) is 0 Å². The maximum Gasteiger partial charge on any atom is 0.226 e. The molecule has 2 atom stereocenters. The van der Waals surface area contributed by atoms with Crippen LogP contribution in [0, 0.1) is 13.8 Å². The summed E-state index contributed by atoms with van der Waals surface area (Å²) < 4.78 is 2.19. The number of nitrogens with one attached hydrogen (secondary N) is 2. The third-order valence-corrected chi connectivity index (χ3v) is 6.86. The molecule has 0 unspecified atom stereocenters. The number of rotatable bonds is 7. The maximum atomic E-state index is 12.8. The number of carbonyl (C=O) groups excluding carboxylic acids is 1. The molecule has 1 amide bonds. The molecule has 1 saturated heterocycles. The van der Waals surface area contributed by atoms with E-state index in [1.807, 2.05) is 55.5 Å². The quantitative estimate of drug-likeness (QED) is 0.332. The van der Waals surface area contributed by atoms with E-state index in [1.54, 1.807) is 6.20 Å². The molecule has 0 radical (unpaired) electrons. The van der Waals surface area contributed by atoms with Crippen LogP contribution in [0.4, 0.5) is 5.69 Å². The first-order chi connectivity index (χ1) is 17.5. The largest absolute Gasteiger partial charge is 0.352 e. The van der Waals surface area contributed by atoms with Crippen LogP contribution >= 0.6 is 12.2 Å². The Bertz CT molecular complexity index is 1350. The van der Waals surface area contributed by atoms with Crippen molar-refractivity contribution in [3.8, 4) is 5.69 Å². The standard InChI is InChI=1S/C29H29N5OS/c1-20-8-12-22(13-9-20)31-26(35)16-19-34-28(27(32-29(34)36)24-6-3-4-17-30-24)25-7-5-18-33(25)23-14-10-21(2)11-15-23/h3-15,17-18,27-28H,16,19H2,1-2H3,(H,31,35)(H,32,36)/t27-,28+/m1/s1. The van der Waals surface area contributed by atoms with E-state index in [1.165, 1.54) is 5.56 Å². The molecule has 1 fully saturated rings. The zero-order valence-corrected chi connectivity index (χ0v) is 21.2. The van der Waals surface area contributed by atoms with Gasteiger partial charge in [-0.15, -0.1) is 0 Å². The van der Waals surface area contributed by atoms with Crippen molar-refractivity contribution in [1.82, 2.24) is 19.8 Å². The summed E-state index contributed by atoms with van der Waals surface area (Å²) in [5, 5.41) is 7.09. The molecule has 1 aliphatic heterocycles. The lowest BCUT2D eigenvalue weighted by molar-refractivity contribution is -0.116. The fraction of sp³-hybridized carbons (Fsp3) is 0.207.